The van der Waals surface area contributed by atoms with E-state index >= 15 is 0 Å². The van der Waals surface area contributed by atoms with Crippen molar-refractivity contribution in [2.45, 2.75) is 45.1 Å². The Kier molecular flexibility index (Phi) is 4.05. The Morgan fingerprint density at radius 1 is 1.44 bits per heavy atom. The first kappa shape index (κ1) is 11.7. The highest BCUT2D eigenvalue weighted by molar-refractivity contribution is 6.30. The molecule has 1 fully saturated rings. The molecule has 0 bridgehead atoms. The number of rotatable bonds is 3. The molecule has 1 aliphatic carbocycles. The van der Waals surface area contributed by atoms with Gasteiger partial charge in [0, 0.05) is 12.3 Å². The molecule has 0 spiro atoms. The molecule has 88 valence electrons. The van der Waals surface area contributed by atoms with Crippen molar-refractivity contribution in [3.8, 4) is 5.88 Å². The van der Waals surface area contributed by atoms with E-state index in [9.17, 15) is 0 Å². The number of halogens is 1. The summed E-state index contributed by atoms with van der Waals surface area (Å²) >= 11 is 5.78. The predicted molar refractivity (Wildman–Crippen MR) is 65.9 cm³/mol. The van der Waals surface area contributed by atoms with E-state index in [2.05, 4.69) is 11.9 Å². The van der Waals surface area contributed by atoms with E-state index in [1.165, 1.54) is 25.7 Å². The zero-order valence-electron chi connectivity index (χ0n) is 9.66. The van der Waals surface area contributed by atoms with Gasteiger partial charge in [0.05, 0.1) is 5.02 Å². The minimum absolute atomic E-state index is 0.340. The molecule has 1 aromatic rings. The van der Waals surface area contributed by atoms with Crippen molar-refractivity contribution in [3.63, 3.8) is 0 Å². The quantitative estimate of drug-likeness (QED) is 0.793. The second-order valence-corrected chi connectivity index (χ2v) is 4.93. The minimum Gasteiger partial charge on any atom is -0.474 e. The second-order valence-electron chi connectivity index (χ2n) is 4.50. The fraction of sp³-hybridized carbons (Fsp3) is 0.615. The van der Waals surface area contributed by atoms with Crippen LogP contribution in [0.25, 0.3) is 0 Å². The molecular weight excluding hydrogens is 222 g/mol. The first-order valence-corrected chi connectivity index (χ1v) is 6.44. The van der Waals surface area contributed by atoms with Crippen LogP contribution in [-0.2, 0) is 0 Å². The van der Waals surface area contributed by atoms with Gasteiger partial charge in [0.25, 0.3) is 0 Å². The lowest BCUT2D eigenvalue weighted by atomic mass is 9.85. The summed E-state index contributed by atoms with van der Waals surface area (Å²) in [6, 6.07) is 3.67. The fourth-order valence-electron chi connectivity index (χ4n) is 2.32. The zero-order valence-corrected chi connectivity index (χ0v) is 10.4. The van der Waals surface area contributed by atoms with Gasteiger partial charge in [0.1, 0.15) is 6.10 Å². The average Bonchev–Trinajstić information content (AvgIpc) is 2.32. The van der Waals surface area contributed by atoms with Crippen molar-refractivity contribution in [2.75, 3.05) is 0 Å². The van der Waals surface area contributed by atoms with Crippen LogP contribution in [0.1, 0.15) is 39.0 Å². The summed E-state index contributed by atoms with van der Waals surface area (Å²) in [5, 5.41) is 0.655. The molecule has 0 amide bonds. The minimum atomic E-state index is 0.340. The highest BCUT2D eigenvalue weighted by Gasteiger charge is 2.22. The lowest BCUT2D eigenvalue weighted by Gasteiger charge is -2.28. The van der Waals surface area contributed by atoms with E-state index in [1.54, 1.807) is 6.20 Å². The molecule has 0 radical (unpaired) electrons. The third-order valence-electron chi connectivity index (χ3n) is 3.30. The number of ether oxygens (including phenoxy) is 1. The molecule has 1 saturated carbocycles. The van der Waals surface area contributed by atoms with Gasteiger partial charge in [-0.15, -0.1) is 0 Å². The monoisotopic (exact) mass is 239 g/mol. The van der Waals surface area contributed by atoms with Crippen LogP contribution in [0.3, 0.4) is 0 Å². The Morgan fingerprint density at radius 2 is 2.31 bits per heavy atom. The van der Waals surface area contributed by atoms with E-state index in [0.717, 1.165) is 12.3 Å². The smallest absolute Gasteiger partial charge is 0.213 e. The zero-order chi connectivity index (χ0) is 11.4. The van der Waals surface area contributed by atoms with Crippen molar-refractivity contribution < 1.29 is 4.74 Å². The SMILES string of the molecule is CCC1CCCC(Oc2ccc(Cl)cn2)C1. The van der Waals surface area contributed by atoms with E-state index in [0.29, 0.717) is 17.0 Å². The third-order valence-corrected chi connectivity index (χ3v) is 3.52. The molecule has 0 saturated heterocycles. The largest absolute Gasteiger partial charge is 0.474 e. The first-order chi connectivity index (χ1) is 7.78. The fourth-order valence-corrected chi connectivity index (χ4v) is 2.43. The highest BCUT2D eigenvalue weighted by Crippen LogP contribution is 2.29. The van der Waals surface area contributed by atoms with Crippen LogP contribution in [0.4, 0.5) is 0 Å². The highest BCUT2D eigenvalue weighted by atomic mass is 35.5. The predicted octanol–water partition coefficient (Wildman–Crippen LogP) is 4.08. The van der Waals surface area contributed by atoms with Crippen molar-refractivity contribution in [3.05, 3.63) is 23.4 Å². The number of nitrogens with zero attached hydrogens (tertiary/aromatic N) is 1. The van der Waals surface area contributed by atoms with Gasteiger partial charge in [-0.2, -0.15) is 0 Å². The molecule has 2 unspecified atom stereocenters. The van der Waals surface area contributed by atoms with Crippen molar-refractivity contribution >= 4 is 11.6 Å². The molecule has 3 heteroatoms. The van der Waals surface area contributed by atoms with Crippen LogP contribution in [0, 0.1) is 5.92 Å². The summed E-state index contributed by atoms with van der Waals surface area (Å²) in [5.74, 6) is 1.53. The maximum Gasteiger partial charge on any atom is 0.213 e. The van der Waals surface area contributed by atoms with Crippen molar-refractivity contribution in [2.24, 2.45) is 5.92 Å². The summed E-state index contributed by atoms with van der Waals surface area (Å²) < 4.78 is 5.87. The van der Waals surface area contributed by atoms with Crippen LogP contribution in [0.15, 0.2) is 18.3 Å². The van der Waals surface area contributed by atoms with Gasteiger partial charge in [-0.25, -0.2) is 4.98 Å². The Morgan fingerprint density at radius 3 is 3.00 bits per heavy atom. The molecule has 0 aliphatic heterocycles. The third kappa shape index (κ3) is 3.11. The summed E-state index contributed by atoms with van der Waals surface area (Å²) in [5.41, 5.74) is 0. The topological polar surface area (TPSA) is 22.1 Å². The molecule has 0 aromatic carbocycles. The lowest BCUT2D eigenvalue weighted by molar-refractivity contribution is 0.117. The van der Waals surface area contributed by atoms with Crippen LogP contribution < -0.4 is 4.74 Å². The summed E-state index contributed by atoms with van der Waals surface area (Å²) in [6.07, 6.45) is 8.18. The van der Waals surface area contributed by atoms with Gasteiger partial charge in [-0.05, 0) is 31.2 Å². The number of hydrogen-bond donors (Lipinski definition) is 0. The maximum absolute atomic E-state index is 5.87. The molecule has 2 rings (SSSR count). The lowest BCUT2D eigenvalue weighted by Crippen LogP contribution is -2.25. The average molecular weight is 240 g/mol. The maximum atomic E-state index is 5.87. The van der Waals surface area contributed by atoms with Gasteiger partial charge >= 0.3 is 0 Å². The van der Waals surface area contributed by atoms with Crippen LogP contribution in [0.2, 0.25) is 5.02 Å². The molecule has 2 atom stereocenters. The standard InChI is InChI=1S/C13H18ClNO/c1-2-10-4-3-5-12(8-10)16-13-7-6-11(14)9-15-13/h6-7,9-10,12H,2-5,8H2,1H3. The molecule has 2 nitrogen and oxygen atoms in total. The normalized spacial score (nSPS) is 25.4. The second kappa shape index (κ2) is 5.53. The van der Waals surface area contributed by atoms with Gasteiger partial charge in [0.2, 0.25) is 5.88 Å². The Balaban J connectivity index is 1.91. The van der Waals surface area contributed by atoms with E-state index in [-0.39, 0.29) is 0 Å². The number of hydrogen-bond acceptors (Lipinski definition) is 2. The van der Waals surface area contributed by atoms with Crippen molar-refractivity contribution in [1.82, 2.24) is 4.98 Å². The Bertz CT molecular complexity index is 325. The molecule has 1 aliphatic rings. The van der Waals surface area contributed by atoms with Crippen molar-refractivity contribution in [1.29, 1.82) is 0 Å². The van der Waals surface area contributed by atoms with E-state index < -0.39 is 0 Å². The van der Waals surface area contributed by atoms with E-state index in [4.69, 9.17) is 16.3 Å². The molecular formula is C13H18ClNO. The van der Waals surface area contributed by atoms with Crippen LogP contribution in [-0.4, -0.2) is 11.1 Å². The number of pyridine rings is 1. The van der Waals surface area contributed by atoms with Crippen LogP contribution in [0.5, 0.6) is 5.88 Å². The first-order valence-electron chi connectivity index (χ1n) is 6.06. The summed E-state index contributed by atoms with van der Waals surface area (Å²) in [6.45, 7) is 2.26. The van der Waals surface area contributed by atoms with Gasteiger partial charge in [-0.3, -0.25) is 0 Å². The Hall–Kier alpha value is -0.760. The van der Waals surface area contributed by atoms with Crippen LogP contribution >= 0.6 is 11.6 Å². The molecule has 1 heterocycles. The van der Waals surface area contributed by atoms with Gasteiger partial charge < -0.3 is 4.74 Å². The van der Waals surface area contributed by atoms with E-state index in [1.807, 2.05) is 12.1 Å². The molecule has 1 aromatic heterocycles. The number of aromatic nitrogens is 1. The molecule has 0 N–H and O–H groups in total. The summed E-state index contributed by atoms with van der Waals surface area (Å²) in [4.78, 5) is 4.17. The summed E-state index contributed by atoms with van der Waals surface area (Å²) in [7, 11) is 0. The Labute approximate surface area is 102 Å². The molecule has 16 heavy (non-hydrogen) atoms. The van der Waals surface area contributed by atoms with Gasteiger partial charge in [0.15, 0.2) is 0 Å². The van der Waals surface area contributed by atoms with Gasteiger partial charge in [-0.1, -0.05) is 31.4 Å².